The molecule has 1 nitrogen and oxygen atoms in total. The summed E-state index contributed by atoms with van der Waals surface area (Å²) in [6.07, 6.45) is 3.72. The summed E-state index contributed by atoms with van der Waals surface area (Å²) in [7, 11) is 0. The fourth-order valence-corrected chi connectivity index (χ4v) is 6.32. The van der Waals surface area contributed by atoms with Crippen molar-refractivity contribution in [1.82, 2.24) is 0 Å². The SMILES string of the molecule is CC1(C)CC(Nc2c(Br)cc(Br)cc2Br)CC(C)(C)C1. The van der Waals surface area contributed by atoms with Crippen LogP contribution in [0.15, 0.2) is 25.6 Å². The Balaban J connectivity index is 2.22. The molecule has 1 aliphatic rings. The van der Waals surface area contributed by atoms with Crippen LogP contribution in [0.1, 0.15) is 47.0 Å². The quantitative estimate of drug-likeness (QED) is 0.494. The number of hydrogen-bond acceptors (Lipinski definition) is 1. The van der Waals surface area contributed by atoms with Crippen molar-refractivity contribution >= 4 is 53.5 Å². The zero-order valence-electron chi connectivity index (χ0n) is 12.5. The molecule has 0 radical (unpaired) electrons. The first-order valence-corrected chi connectivity index (χ1v) is 9.37. The lowest BCUT2D eigenvalue weighted by Gasteiger charge is -2.45. The van der Waals surface area contributed by atoms with E-state index in [1.165, 1.54) is 19.3 Å². The van der Waals surface area contributed by atoms with Gasteiger partial charge in [0.25, 0.3) is 0 Å². The third-order valence-electron chi connectivity index (χ3n) is 3.91. The van der Waals surface area contributed by atoms with Gasteiger partial charge in [0.2, 0.25) is 0 Å². The second-order valence-electron chi connectivity index (χ2n) is 7.50. The number of rotatable bonds is 2. The predicted molar refractivity (Wildman–Crippen MR) is 98.4 cm³/mol. The third-order valence-corrected chi connectivity index (χ3v) is 5.62. The van der Waals surface area contributed by atoms with E-state index in [9.17, 15) is 0 Å². The van der Waals surface area contributed by atoms with Gasteiger partial charge in [0.15, 0.2) is 0 Å². The molecule has 1 aliphatic carbocycles. The third kappa shape index (κ3) is 4.23. The average molecular weight is 468 g/mol. The molecular weight excluding hydrogens is 446 g/mol. The van der Waals surface area contributed by atoms with Crippen LogP contribution in [0.3, 0.4) is 0 Å². The second-order valence-corrected chi connectivity index (χ2v) is 10.1. The van der Waals surface area contributed by atoms with Crippen molar-refractivity contribution in [2.24, 2.45) is 10.8 Å². The molecule has 0 spiro atoms. The lowest BCUT2D eigenvalue weighted by molar-refractivity contribution is 0.105. The van der Waals surface area contributed by atoms with Crippen molar-refractivity contribution in [3.63, 3.8) is 0 Å². The molecule has 4 heteroatoms. The maximum atomic E-state index is 3.74. The normalized spacial score (nSPS) is 21.8. The van der Waals surface area contributed by atoms with Crippen LogP contribution in [-0.2, 0) is 0 Å². The minimum Gasteiger partial charge on any atom is -0.380 e. The van der Waals surface area contributed by atoms with Crippen LogP contribution in [0.5, 0.6) is 0 Å². The van der Waals surface area contributed by atoms with Crippen molar-refractivity contribution in [3.8, 4) is 0 Å². The van der Waals surface area contributed by atoms with Crippen LogP contribution < -0.4 is 5.32 Å². The van der Waals surface area contributed by atoms with Crippen molar-refractivity contribution in [2.45, 2.75) is 53.0 Å². The van der Waals surface area contributed by atoms with Crippen LogP contribution in [0.25, 0.3) is 0 Å². The molecule has 0 unspecified atom stereocenters. The summed E-state index contributed by atoms with van der Waals surface area (Å²) in [5.41, 5.74) is 1.95. The van der Waals surface area contributed by atoms with Crippen LogP contribution in [0.4, 0.5) is 5.69 Å². The summed E-state index contributed by atoms with van der Waals surface area (Å²) in [5, 5.41) is 3.74. The molecule has 0 aliphatic heterocycles. The topological polar surface area (TPSA) is 12.0 Å². The van der Waals surface area contributed by atoms with Gasteiger partial charge in [0, 0.05) is 19.5 Å². The van der Waals surface area contributed by atoms with E-state index >= 15 is 0 Å². The highest BCUT2D eigenvalue weighted by Crippen LogP contribution is 2.47. The monoisotopic (exact) mass is 465 g/mol. The van der Waals surface area contributed by atoms with E-state index < -0.39 is 0 Å². The van der Waals surface area contributed by atoms with E-state index in [0.29, 0.717) is 16.9 Å². The fraction of sp³-hybridized carbons (Fsp3) is 0.625. The highest BCUT2D eigenvalue weighted by atomic mass is 79.9. The van der Waals surface area contributed by atoms with E-state index in [-0.39, 0.29) is 0 Å². The first-order valence-electron chi connectivity index (χ1n) is 6.99. The van der Waals surface area contributed by atoms with E-state index in [1.807, 2.05) is 0 Å². The smallest absolute Gasteiger partial charge is 0.0631 e. The first kappa shape index (κ1) is 16.8. The Morgan fingerprint density at radius 1 is 0.950 bits per heavy atom. The summed E-state index contributed by atoms with van der Waals surface area (Å²) in [6, 6.07) is 4.70. The van der Waals surface area contributed by atoms with Crippen molar-refractivity contribution in [2.75, 3.05) is 5.32 Å². The van der Waals surface area contributed by atoms with E-state index in [0.717, 1.165) is 19.1 Å². The van der Waals surface area contributed by atoms with Gasteiger partial charge in [-0.15, -0.1) is 0 Å². The van der Waals surface area contributed by atoms with Gasteiger partial charge >= 0.3 is 0 Å². The average Bonchev–Trinajstić information content (AvgIpc) is 2.18. The minimum absolute atomic E-state index is 0.397. The van der Waals surface area contributed by atoms with E-state index in [4.69, 9.17) is 0 Å². The maximum Gasteiger partial charge on any atom is 0.0631 e. The first-order chi connectivity index (χ1) is 9.08. The molecule has 0 heterocycles. The molecule has 2 rings (SSSR count). The van der Waals surface area contributed by atoms with Gasteiger partial charge in [-0.1, -0.05) is 43.6 Å². The van der Waals surface area contributed by atoms with Gasteiger partial charge in [0.1, 0.15) is 0 Å². The summed E-state index contributed by atoms with van der Waals surface area (Å²) in [4.78, 5) is 0. The molecule has 0 atom stereocenters. The number of nitrogens with one attached hydrogen (secondary N) is 1. The standard InChI is InChI=1S/C16H22Br3N/c1-15(2)7-11(8-16(3,4)9-15)20-14-12(18)5-10(17)6-13(14)19/h5-6,11,20H,7-9H2,1-4H3. The van der Waals surface area contributed by atoms with Crippen LogP contribution in [0.2, 0.25) is 0 Å². The summed E-state index contributed by atoms with van der Waals surface area (Å²) in [5.74, 6) is 0. The summed E-state index contributed by atoms with van der Waals surface area (Å²) in [6.45, 7) is 9.53. The molecule has 0 bridgehead atoms. The highest BCUT2D eigenvalue weighted by Gasteiger charge is 2.38. The number of halogens is 3. The summed E-state index contributed by atoms with van der Waals surface area (Å²) >= 11 is 10.8. The minimum atomic E-state index is 0.397. The number of hydrogen-bond donors (Lipinski definition) is 1. The van der Waals surface area contributed by atoms with Crippen molar-refractivity contribution < 1.29 is 0 Å². The zero-order chi connectivity index (χ0) is 15.1. The molecule has 1 fully saturated rings. The number of anilines is 1. The summed E-state index contributed by atoms with van der Waals surface area (Å²) < 4.78 is 3.27. The largest absolute Gasteiger partial charge is 0.380 e. The van der Waals surface area contributed by atoms with Crippen LogP contribution in [-0.4, -0.2) is 6.04 Å². The Labute approximate surface area is 147 Å². The fourth-order valence-electron chi connectivity index (χ4n) is 3.83. The van der Waals surface area contributed by atoms with Crippen molar-refractivity contribution in [1.29, 1.82) is 0 Å². The number of benzene rings is 1. The Morgan fingerprint density at radius 2 is 1.40 bits per heavy atom. The second kappa shape index (κ2) is 5.92. The molecule has 1 aromatic rings. The Morgan fingerprint density at radius 3 is 1.85 bits per heavy atom. The molecule has 1 aromatic carbocycles. The molecule has 0 saturated heterocycles. The Hall–Kier alpha value is 0.460. The lowest BCUT2D eigenvalue weighted by Crippen LogP contribution is -2.40. The molecule has 0 aromatic heterocycles. The Bertz CT molecular complexity index is 469. The van der Waals surface area contributed by atoms with Crippen molar-refractivity contribution in [3.05, 3.63) is 25.6 Å². The van der Waals surface area contributed by atoms with Gasteiger partial charge in [-0.05, 0) is 74.1 Å². The highest BCUT2D eigenvalue weighted by molar-refractivity contribution is 9.11. The molecule has 1 saturated carbocycles. The van der Waals surface area contributed by atoms with Gasteiger partial charge in [-0.2, -0.15) is 0 Å². The molecule has 20 heavy (non-hydrogen) atoms. The molecule has 1 N–H and O–H groups in total. The van der Waals surface area contributed by atoms with Gasteiger partial charge < -0.3 is 5.32 Å². The van der Waals surface area contributed by atoms with Gasteiger partial charge in [0.05, 0.1) is 5.69 Å². The maximum absolute atomic E-state index is 3.74. The molecule has 112 valence electrons. The predicted octanol–water partition coefficient (Wildman–Crippen LogP) is 6.99. The van der Waals surface area contributed by atoms with Crippen LogP contribution >= 0.6 is 47.8 Å². The molecular formula is C16H22Br3N. The zero-order valence-corrected chi connectivity index (χ0v) is 17.2. The lowest BCUT2D eigenvalue weighted by atomic mass is 9.63. The molecule has 0 amide bonds. The van der Waals surface area contributed by atoms with E-state index in [2.05, 4.69) is 92.9 Å². The Kier molecular flexibility index (Phi) is 4.98. The van der Waals surface area contributed by atoms with Gasteiger partial charge in [-0.3, -0.25) is 0 Å². The van der Waals surface area contributed by atoms with E-state index in [1.54, 1.807) is 0 Å². The van der Waals surface area contributed by atoms with Crippen LogP contribution in [0, 0.1) is 10.8 Å². The van der Waals surface area contributed by atoms with Gasteiger partial charge in [-0.25, -0.2) is 0 Å².